The Kier molecular flexibility index (Phi) is 5.93. The van der Waals surface area contributed by atoms with Crippen LogP contribution in [0.2, 0.25) is 5.02 Å². The molecule has 1 atom stereocenters. The maximum atomic E-state index is 12.6. The van der Waals surface area contributed by atoms with Crippen molar-refractivity contribution in [2.24, 2.45) is 0 Å². The van der Waals surface area contributed by atoms with E-state index in [1.54, 1.807) is 31.3 Å². The predicted molar refractivity (Wildman–Crippen MR) is 110 cm³/mol. The van der Waals surface area contributed by atoms with E-state index in [0.717, 1.165) is 11.3 Å². The van der Waals surface area contributed by atoms with Gasteiger partial charge in [0.15, 0.2) is 5.16 Å². The van der Waals surface area contributed by atoms with Gasteiger partial charge < -0.3 is 15.9 Å². The Morgan fingerprint density at radius 1 is 1.30 bits per heavy atom. The average Bonchev–Trinajstić information content (AvgIpc) is 3.03. The molecule has 0 saturated heterocycles. The third kappa shape index (κ3) is 4.56. The minimum atomic E-state index is -0.429. The largest absolute Gasteiger partial charge is 0.495 e. The number of nitrogens with one attached hydrogen (secondary N) is 1. The van der Waals surface area contributed by atoms with Crippen LogP contribution in [0.1, 0.15) is 6.92 Å². The van der Waals surface area contributed by atoms with Crippen molar-refractivity contribution in [1.29, 1.82) is 0 Å². The van der Waals surface area contributed by atoms with Gasteiger partial charge >= 0.3 is 0 Å². The summed E-state index contributed by atoms with van der Waals surface area (Å²) in [7, 11) is 1.54. The van der Waals surface area contributed by atoms with E-state index in [1.165, 1.54) is 23.5 Å². The molecular weight excluding hydrogens is 384 g/mol. The number of rotatable bonds is 6. The van der Waals surface area contributed by atoms with Crippen LogP contribution in [0.25, 0.3) is 11.3 Å². The summed E-state index contributed by atoms with van der Waals surface area (Å²) in [5.41, 5.74) is 2.23. The second-order valence-electron chi connectivity index (χ2n) is 5.78. The van der Waals surface area contributed by atoms with E-state index in [9.17, 15) is 4.79 Å². The zero-order valence-corrected chi connectivity index (χ0v) is 16.4. The SMILES string of the molecule is COc1ccc(Cl)cc1NC(=O)C(C)Sc1nc(-c2ccccc2)cn1N. The van der Waals surface area contributed by atoms with Crippen molar-refractivity contribution in [2.75, 3.05) is 18.3 Å². The van der Waals surface area contributed by atoms with Crippen molar-refractivity contribution in [1.82, 2.24) is 9.66 Å². The number of benzene rings is 2. The van der Waals surface area contributed by atoms with Gasteiger partial charge in [-0.3, -0.25) is 4.79 Å². The molecule has 0 radical (unpaired) electrons. The fourth-order valence-corrected chi connectivity index (χ4v) is 3.42. The van der Waals surface area contributed by atoms with Crippen LogP contribution < -0.4 is 15.9 Å². The number of ether oxygens (including phenoxy) is 1. The van der Waals surface area contributed by atoms with E-state index in [1.807, 2.05) is 30.3 Å². The van der Waals surface area contributed by atoms with E-state index in [-0.39, 0.29) is 5.91 Å². The Labute approximate surface area is 166 Å². The van der Waals surface area contributed by atoms with Crippen LogP contribution >= 0.6 is 23.4 Å². The zero-order chi connectivity index (χ0) is 19.4. The minimum Gasteiger partial charge on any atom is -0.495 e. The zero-order valence-electron chi connectivity index (χ0n) is 14.8. The molecule has 1 heterocycles. The molecule has 0 bridgehead atoms. The number of nitrogens with zero attached hydrogens (tertiary/aromatic N) is 2. The van der Waals surface area contributed by atoms with Crippen molar-refractivity contribution in [3.05, 3.63) is 59.8 Å². The third-order valence-corrected chi connectivity index (χ3v) is 5.15. The van der Waals surface area contributed by atoms with Crippen molar-refractivity contribution in [3.63, 3.8) is 0 Å². The van der Waals surface area contributed by atoms with Crippen LogP contribution in [0, 0.1) is 0 Å². The number of halogens is 1. The van der Waals surface area contributed by atoms with Crippen LogP contribution in [0.15, 0.2) is 59.9 Å². The molecule has 140 valence electrons. The number of aromatic nitrogens is 2. The molecule has 2 aromatic carbocycles. The van der Waals surface area contributed by atoms with Crippen LogP contribution in [-0.2, 0) is 4.79 Å². The number of hydrogen-bond acceptors (Lipinski definition) is 5. The number of carbonyl (C=O) groups is 1. The van der Waals surface area contributed by atoms with E-state index >= 15 is 0 Å². The highest BCUT2D eigenvalue weighted by Gasteiger charge is 2.20. The first-order valence-corrected chi connectivity index (χ1v) is 9.44. The number of amides is 1. The lowest BCUT2D eigenvalue weighted by atomic mass is 10.2. The predicted octanol–water partition coefficient (Wildman–Crippen LogP) is 4.05. The fraction of sp³-hybridized carbons (Fsp3) is 0.158. The summed E-state index contributed by atoms with van der Waals surface area (Å²) in [6, 6.07) is 14.8. The van der Waals surface area contributed by atoms with Gasteiger partial charge in [0, 0.05) is 10.6 Å². The Balaban J connectivity index is 1.72. The number of hydrogen-bond donors (Lipinski definition) is 2. The van der Waals surface area contributed by atoms with Gasteiger partial charge in [0.1, 0.15) is 5.75 Å². The Morgan fingerprint density at radius 3 is 2.74 bits per heavy atom. The second-order valence-corrected chi connectivity index (χ2v) is 7.52. The topological polar surface area (TPSA) is 82.2 Å². The lowest BCUT2D eigenvalue weighted by Gasteiger charge is -2.14. The number of thioether (sulfide) groups is 1. The number of anilines is 1. The van der Waals surface area contributed by atoms with Gasteiger partial charge in [-0.2, -0.15) is 0 Å². The summed E-state index contributed by atoms with van der Waals surface area (Å²) in [6.07, 6.45) is 1.74. The molecule has 0 aliphatic carbocycles. The summed E-state index contributed by atoms with van der Waals surface area (Å²) < 4.78 is 6.68. The summed E-state index contributed by atoms with van der Waals surface area (Å²) in [4.78, 5) is 17.1. The van der Waals surface area contributed by atoms with E-state index in [4.69, 9.17) is 22.2 Å². The molecule has 1 aromatic heterocycles. The summed E-state index contributed by atoms with van der Waals surface area (Å²) in [6.45, 7) is 1.79. The highest BCUT2D eigenvalue weighted by atomic mass is 35.5. The highest BCUT2D eigenvalue weighted by molar-refractivity contribution is 8.00. The first kappa shape index (κ1) is 19.1. The summed E-state index contributed by atoms with van der Waals surface area (Å²) >= 11 is 7.28. The van der Waals surface area contributed by atoms with Crippen molar-refractivity contribution < 1.29 is 9.53 Å². The normalized spacial score (nSPS) is 11.8. The van der Waals surface area contributed by atoms with Crippen LogP contribution in [-0.4, -0.2) is 27.9 Å². The van der Waals surface area contributed by atoms with E-state index in [2.05, 4.69) is 10.3 Å². The van der Waals surface area contributed by atoms with Gasteiger partial charge in [-0.25, -0.2) is 9.66 Å². The summed E-state index contributed by atoms with van der Waals surface area (Å²) in [5, 5.41) is 3.47. The van der Waals surface area contributed by atoms with Crippen LogP contribution in [0.4, 0.5) is 5.69 Å². The molecular formula is C19H19ClN4O2S. The number of nitrogen functional groups attached to an aromatic ring is 1. The second kappa shape index (κ2) is 8.37. The summed E-state index contributed by atoms with van der Waals surface area (Å²) in [5.74, 6) is 6.34. The highest BCUT2D eigenvalue weighted by Crippen LogP contribution is 2.30. The maximum absolute atomic E-state index is 12.6. The molecule has 6 nitrogen and oxygen atoms in total. The smallest absolute Gasteiger partial charge is 0.237 e. The van der Waals surface area contributed by atoms with Crippen LogP contribution in [0.3, 0.4) is 0 Å². The number of methoxy groups -OCH3 is 1. The molecule has 1 unspecified atom stereocenters. The van der Waals surface area contributed by atoms with Gasteiger partial charge in [0.2, 0.25) is 5.91 Å². The van der Waals surface area contributed by atoms with Crippen LogP contribution in [0.5, 0.6) is 5.75 Å². The Morgan fingerprint density at radius 2 is 2.04 bits per heavy atom. The number of carbonyl (C=O) groups excluding carboxylic acids is 1. The van der Waals surface area contributed by atoms with Crippen molar-refractivity contribution >= 4 is 35.0 Å². The monoisotopic (exact) mass is 402 g/mol. The lowest BCUT2D eigenvalue weighted by molar-refractivity contribution is -0.115. The third-order valence-electron chi connectivity index (χ3n) is 3.84. The Bertz CT molecular complexity index is 946. The molecule has 0 saturated carbocycles. The number of nitrogens with two attached hydrogens (primary N) is 1. The standard InChI is InChI=1S/C19H19ClN4O2S/c1-12(18(25)22-15-10-14(20)8-9-17(15)26-2)27-19-23-16(11-24(19)21)13-6-4-3-5-7-13/h3-12H,21H2,1-2H3,(H,22,25). The molecule has 0 aliphatic rings. The van der Waals surface area contributed by atoms with E-state index < -0.39 is 5.25 Å². The average molecular weight is 403 g/mol. The van der Waals surface area contributed by atoms with Gasteiger partial charge in [-0.1, -0.05) is 53.7 Å². The van der Waals surface area contributed by atoms with Crippen molar-refractivity contribution in [2.45, 2.75) is 17.3 Å². The molecule has 0 fully saturated rings. The van der Waals surface area contributed by atoms with Gasteiger partial charge in [-0.05, 0) is 25.1 Å². The quantitative estimate of drug-likeness (QED) is 0.480. The molecule has 0 spiro atoms. The first-order valence-electron chi connectivity index (χ1n) is 8.19. The molecule has 3 rings (SSSR count). The molecule has 3 N–H and O–H groups in total. The minimum absolute atomic E-state index is 0.204. The molecule has 3 aromatic rings. The number of imidazole rings is 1. The molecule has 8 heteroatoms. The molecule has 1 amide bonds. The Hall–Kier alpha value is -2.64. The molecule has 0 aliphatic heterocycles. The maximum Gasteiger partial charge on any atom is 0.237 e. The van der Waals surface area contributed by atoms with Gasteiger partial charge in [-0.15, -0.1) is 0 Å². The first-order chi connectivity index (χ1) is 13.0. The van der Waals surface area contributed by atoms with E-state index in [0.29, 0.717) is 21.6 Å². The van der Waals surface area contributed by atoms with Crippen molar-refractivity contribution in [3.8, 4) is 17.0 Å². The molecule has 27 heavy (non-hydrogen) atoms. The van der Waals surface area contributed by atoms with Gasteiger partial charge in [0.05, 0.1) is 29.9 Å². The lowest BCUT2D eigenvalue weighted by Crippen LogP contribution is -2.23. The fourth-order valence-electron chi connectivity index (χ4n) is 2.44. The van der Waals surface area contributed by atoms with Gasteiger partial charge in [0.25, 0.3) is 0 Å².